The van der Waals surface area contributed by atoms with Gasteiger partial charge in [0.15, 0.2) is 0 Å². The predicted molar refractivity (Wildman–Crippen MR) is 91.4 cm³/mol. The molecule has 1 N–H and O–H groups in total. The summed E-state index contributed by atoms with van der Waals surface area (Å²) in [6, 6.07) is 8.37. The Labute approximate surface area is 143 Å². The van der Waals surface area contributed by atoms with E-state index < -0.39 is 0 Å². The molecule has 0 aromatic heterocycles. The molecule has 5 nitrogen and oxygen atoms in total. The molecule has 1 aliphatic carbocycles. The summed E-state index contributed by atoms with van der Waals surface area (Å²) >= 11 is 0. The number of piperidine rings is 1. The zero-order chi connectivity index (χ0) is 17.3. The van der Waals surface area contributed by atoms with Gasteiger partial charge in [0.2, 0.25) is 0 Å². The van der Waals surface area contributed by atoms with E-state index in [1.165, 1.54) is 18.2 Å². The van der Waals surface area contributed by atoms with Crippen molar-refractivity contribution in [3.63, 3.8) is 0 Å². The van der Waals surface area contributed by atoms with Gasteiger partial charge in [0.1, 0.15) is 0 Å². The number of amides is 2. The van der Waals surface area contributed by atoms with Gasteiger partial charge in [-0.2, -0.15) is 0 Å². The van der Waals surface area contributed by atoms with Crippen molar-refractivity contribution in [3.8, 4) is 0 Å². The Morgan fingerprint density at radius 2 is 1.96 bits per heavy atom. The third-order valence-corrected chi connectivity index (χ3v) is 5.48. The van der Waals surface area contributed by atoms with Gasteiger partial charge in [0, 0.05) is 13.1 Å². The number of carbonyl (C=O) groups is 2. The molecule has 130 valence electrons. The van der Waals surface area contributed by atoms with E-state index in [0.29, 0.717) is 25.4 Å². The standard InChI is InChI=1S/C19H26N2O3/c1-12-10-14-6-4-5-7-16(14)17(12)20-19(23)21-9-8-15(13(2)11-21)18(22)24-3/h4-7,12-13,15,17H,8-11H2,1-3H3,(H,20,23). The van der Waals surface area contributed by atoms with Crippen LogP contribution in [0.4, 0.5) is 4.79 Å². The monoisotopic (exact) mass is 330 g/mol. The van der Waals surface area contributed by atoms with Crippen molar-refractivity contribution in [2.24, 2.45) is 17.8 Å². The molecule has 4 unspecified atom stereocenters. The highest BCUT2D eigenvalue weighted by Crippen LogP contribution is 2.36. The summed E-state index contributed by atoms with van der Waals surface area (Å²) in [5.74, 6) is 0.243. The summed E-state index contributed by atoms with van der Waals surface area (Å²) in [5, 5.41) is 3.20. The molecule has 0 radical (unpaired) electrons. The number of fused-ring (bicyclic) bond motifs is 1. The number of hydrogen-bond donors (Lipinski definition) is 1. The molecule has 1 fully saturated rings. The highest BCUT2D eigenvalue weighted by Gasteiger charge is 2.36. The minimum Gasteiger partial charge on any atom is -0.469 e. The lowest BCUT2D eigenvalue weighted by Gasteiger charge is -2.36. The van der Waals surface area contributed by atoms with Crippen LogP contribution in [0.2, 0.25) is 0 Å². The van der Waals surface area contributed by atoms with Gasteiger partial charge >= 0.3 is 12.0 Å². The molecule has 3 rings (SSSR count). The lowest BCUT2D eigenvalue weighted by molar-refractivity contribution is -0.148. The van der Waals surface area contributed by atoms with E-state index in [2.05, 4.69) is 30.4 Å². The molecule has 1 aromatic rings. The maximum absolute atomic E-state index is 12.7. The highest BCUT2D eigenvalue weighted by atomic mass is 16.5. The van der Waals surface area contributed by atoms with Crippen LogP contribution in [0.3, 0.4) is 0 Å². The lowest BCUT2D eigenvalue weighted by atomic mass is 9.87. The molecule has 2 aliphatic rings. The number of ether oxygens (including phenoxy) is 1. The van der Waals surface area contributed by atoms with Gasteiger partial charge in [0.05, 0.1) is 19.1 Å². The molecule has 24 heavy (non-hydrogen) atoms. The van der Waals surface area contributed by atoms with Crippen molar-refractivity contribution in [2.45, 2.75) is 32.7 Å². The third kappa shape index (κ3) is 3.12. The van der Waals surface area contributed by atoms with E-state index in [9.17, 15) is 9.59 Å². The van der Waals surface area contributed by atoms with Gasteiger partial charge in [-0.15, -0.1) is 0 Å². The van der Waals surface area contributed by atoms with Crippen molar-refractivity contribution < 1.29 is 14.3 Å². The van der Waals surface area contributed by atoms with E-state index in [4.69, 9.17) is 4.74 Å². The van der Waals surface area contributed by atoms with Crippen LogP contribution < -0.4 is 5.32 Å². The van der Waals surface area contributed by atoms with Gasteiger partial charge in [-0.25, -0.2) is 4.79 Å². The Morgan fingerprint density at radius 1 is 1.21 bits per heavy atom. The molecular formula is C19H26N2O3. The fourth-order valence-electron chi connectivity index (χ4n) is 4.07. The Kier molecular flexibility index (Phi) is 4.78. The van der Waals surface area contributed by atoms with E-state index >= 15 is 0 Å². The van der Waals surface area contributed by atoms with E-state index in [0.717, 1.165) is 6.42 Å². The fraction of sp³-hybridized carbons (Fsp3) is 0.579. The third-order valence-electron chi connectivity index (χ3n) is 5.48. The maximum Gasteiger partial charge on any atom is 0.317 e. The second-order valence-corrected chi connectivity index (χ2v) is 7.15. The topological polar surface area (TPSA) is 58.6 Å². The first-order chi connectivity index (χ1) is 11.5. The number of likely N-dealkylation sites (tertiary alicyclic amines) is 1. The van der Waals surface area contributed by atoms with Crippen LogP contribution in [0.15, 0.2) is 24.3 Å². The van der Waals surface area contributed by atoms with Crippen LogP contribution in [-0.2, 0) is 16.0 Å². The summed E-state index contributed by atoms with van der Waals surface area (Å²) in [6.07, 6.45) is 1.67. The van der Waals surface area contributed by atoms with Crippen molar-refractivity contribution >= 4 is 12.0 Å². The number of esters is 1. The quantitative estimate of drug-likeness (QED) is 0.848. The molecule has 1 aliphatic heterocycles. The smallest absolute Gasteiger partial charge is 0.317 e. The number of benzene rings is 1. The van der Waals surface area contributed by atoms with Gasteiger partial charge in [-0.3, -0.25) is 4.79 Å². The number of hydrogen-bond acceptors (Lipinski definition) is 3. The number of carbonyl (C=O) groups excluding carboxylic acids is 2. The average molecular weight is 330 g/mol. The maximum atomic E-state index is 12.7. The largest absolute Gasteiger partial charge is 0.469 e. The molecular weight excluding hydrogens is 304 g/mol. The Balaban J connectivity index is 1.63. The van der Waals surface area contributed by atoms with Crippen LogP contribution in [-0.4, -0.2) is 37.1 Å². The molecule has 0 saturated carbocycles. The normalized spacial score (nSPS) is 29.0. The SMILES string of the molecule is COC(=O)C1CCN(C(=O)NC2c3ccccc3CC2C)CC1C. The van der Waals surface area contributed by atoms with E-state index in [1.54, 1.807) is 0 Å². The molecule has 0 spiro atoms. The van der Waals surface area contributed by atoms with Crippen LogP contribution in [0.1, 0.15) is 37.4 Å². The molecule has 1 saturated heterocycles. The number of urea groups is 1. The van der Waals surface area contributed by atoms with Crippen molar-refractivity contribution in [3.05, 3.63) is 35.4 Å². The van der Waals surface area contributed by atoms with E-state index in [-0.39, 0.29) is 29.9 Å². The van der Waals surface area contributed by atoms with Gasteiger partial charge in [-0.1, -0.05) is 38.1 Å². The molecule has 0 bridgehead atoms. The van der Waals surface area contributed by atoms with Crippen LogP contribution in [0.5, 0.6) is 0 Å². The zero-order valence-electron chi connectivity index (χ0n) is 14.6. The molecule has 4 atom stereocenters. The Bertz CT molecular complexity index is 631. The van der Waals surface area contributed by atoms with E-state index in [1.807, 2.05) is 17.9 Å². The summed E-state index contributed by atoms with van der Waals surface area (Å²) in [4.78, 5) is 26.3. The summed E-state index contributed by atoms with van der Waals surface area (Å²) in [6.45, 7) is 5.37. The van der Waals surface area contributed by atoms with Gasteiger partial charge in [-0.05, 0) is 35.8 Å². The number of methoxy groups -OCH3 is 1. The van der Waals surface area contributed by atoms with Crippen LogP contribution >= 0.6 is 0 Å². The highest BCUT2D eigenvalue weighted by molar-refractivity contribution is 5.76. The van der Waals surface area contributed by atoms with Gasteiger partial charge in [0.25, 0.3) is 0 Å². The second-order valence-electron chi connectivity index (χ2n) is 7.15. The number of nitrogens with one attached hydrogen (secondary N) is 1. The molecule has 5 heteroatoms. The van der Waals surface area contributed by atoms with Crippen LogP contribution in [0, 0.1) is 17.8 Å². The minimum absolute atomic E-state index is 0.0290. The fourth-order valence-corrected chi connectivity index (χ4v) is 4.07. The first-order valence-corrected chi connectivity index (χ1v) is 8.72. The minimum atomic E-state index is -0.166. The summed E-state index contributed by atoms with van der Waals surface area (Å²) < 4.78 is 4.86. The summed E-state index contributed by atoms with van der Waals surface area (Å²) in [7, 11) is 1.42. The Morgan fingerprint density at radius 3 is 2.67 bits per heavy atom. The first kappa shape index (κ1) is 16.8. The average Bonchev–Trinajstić information content (AvgIpc) is 2.89. The number of rotatable bonds is 2. The molecule has 2 amide bonds. The first-order valence-electron chi connectivity index (χ1n) is 8.72. The summed E-state index contributed by atoms with van der Waals surface area (Å²) in [5.41, 5.74) is 2.56. The predicted octanol–water partition coefficient (Wildman–Crippen LogP) is 2.76. The van der Waals surface area contributed by atoms with Crippen molar-refractivity contribution in [1.29, 1.82) is 0 Å². The molecule has 1 aromatic carbocycles. The van der Waals surface area contributed by atoms with Gasteiger partial charge < -0.3 is 15.0 Å². The number of nitrogens with zero attached hydrogens (tertiary/aromatic N) is 1. The lowest BCUT2D eigenvalue weighted by Crippen LogP contribution is -2.50. The Hall–Kier alpha value is -2.04. The molecule has 1 heterocycles. The second kappa shape index (κ2) is 6.83. The van der Waals surface area contributed by atoms with Crippen molar-refractivity contribution in [1.82, 2.24) is 10.2 Å². The zero-order valence-corrected chi connectivity index (χ0v) is 14.6. The van der Waals surface area contributed by atoms with Crippen LogP contribution in [0.25, 0.3) is 0 Å². The van der Waals surface area contributed by atoms with Crippen molar-refractivity contribution in [2.75, 3.05) is 20.2 Å².